The third-order valence-electron chi connectivity index (χ3n) is 1.89. The molecule has 1 amide bonds. The van der Waals surface area contributed by atoms with E-state index in [-0.39, 0.29) is 12.0 Å². The van der Waals surface area contributed by atoms with Crippen molar-refractivity contribution in [2.24, 2.45) is 7.05 Å². The molecule has 0 spiro atoms. The van der Waals surface area contributed by atoms with Crippen LogP contribution in [0.2, 0.25) is 0 Å². The van der Waals surface area contributed by atoms with Gasteiger partial charge in [-0.25, -0.2) is 0 Å². The second-order valence-electron chi connectivity index (χ2n) is 3.81. The molecule has 1 rings (SSSR count). The molecule has 0 unspecified atom stereocenters. The number of carbonyl (C=O) groups excluding carboxylic acids is 1. The average Bonchev–Trinajstić information content (AvgIpc) is 2.63. The molecule has 0 aromatic carbocycles. The van der Waals surface area contributed by atoms with Gasteiger partial charge in [0.15, 0.2) is 5.69 Å². The fourth-order valence-electron chi connectivity index (χ4n) is 1.14. The summed E-state index contributed by atoms with van der Waals surface area (Å²) >= 11 is 0. The fraction of sp³-hybridized carbons (Fsp3) is 0.700. The first-order chi connectivity index (χ1) is 7.59. The highest BCUT2D eigenvalue weighted by atomic mass is 16.5. The Balaban J connectivity index is 2.16. The molecule has 1 aromatic heterocycles. The summed E-state index contributed by atoms with van der Waals surface area (Å²) in [6, 6.07) is 0. The Bertz CT molecular complexity index is 335. The molecule has 1 heterocycles. The zero-order valence-electron chi connectivity index (χ0n) is 9.93. The summed E-state index contributed by atoms with van der Waals surface area (Å²) in [7, 11) is 1.72. The molecular formula is C10H18N4O2. The molecule has 0 atom stereocenters. The molecule has 1 N–H and O–H groups in total. The van der Waals surface area contributed by atoms with Crippen molar-refractivity contribution < 1.29 is 9.53 Å². The van der Waals surface area contributed by atoms with Gasteiger partial charge in [0.05, 0.1) is 12.3 Å². The monoisotopic (exact) mass is 226 g/mol. The minimum absolute atomic E-state index is 0.197. The second-order valence-corrected chi connectivity index (χ2v) is 3.81. The average molecular weight is 226 g/mol. The van der Waals surface area contributed by atoms with Gasteiger partial charge in [0.2, 0.25) is 0 Å². The van der Waals surface area contributed by atoms with Gasteiger partial charge in [0.1, 0.15) is 0 Å². The summed E-state index contributed by atoms with van der Waals surface area (Å²) in [6.45, 7) is 5.21. The Hall–Kier alpha value is -1.43. The van der Waals surface area contributed by atoms with Crippen LogP contribution in [0.1, 0.15) is 30.8 Å². The minimum atomic E-state index is -0.197. The number of nitrogens with one attached hydrogen (secondary N) is 1. The van der Waals surface area contributed by atoms with Crippen LogP contribution in [0.4, 0.5) is 0 Å². The van der Waals surface area contributed by atoms with Crippen LogP contribution in [0.15, 0.2) is 6.20 Å². The third-order valence-corrected chi connectivity index (χ3v) is 1.89. The van der Waals surface area contributed by atoms with E-state index in [1.54, 1.807) is 13.2 Å². The van der Waals surface area contributed by atoms with E-state index in [0.717, 1.165) is 6.42 Å². The van der Waals surface area contributed by atoms with E-state index in [1.165, 1.54) is 4.68 Å². The van der Waals surface area contributed by atoms with E-state index in [9.17, 15) is 4.79 Å². The van der Waals surface area contributed by atoms with Crippen molar-refractivity contribution in [3.8, 4) is 0 Å². The highest BCUT2D eigenvalue weighted by Gasteiger charge is 2.08. The summed E-state index contributed by atoms with van der Waals surface area (Å²) in [4.78, 5) is 11.5. The Morgan fingerprint density at radius 3 is 2.94 bits per heavy atom. The van der Waals surface area contributed by atoms with Crippen LogP contribution in [-0.2, 0) is 11.8 Å². The predicted octanol–water partition coefficient (Wildman–Crippen LogP) is 0.360. The van der Waals surface area contributed by atoms with Crippen molar-refractivity contribution in [2.45, 2.75) is 26.4 Å². The van der Waals surface area contributed by atoms with Crippen molar-refractivity contribution >= 4 is 5.91 Å². The molecule has 1 aromatic rings. The summed E-state index contributed by atoms with van der Waals surface area (Å²) in [5.41, 5.74) is 0.340. The van der Waals surface area contributed by atoms with Crippen LogP contribution in [0.5, 0.6) is 0 Å². The molecule has 0 radical (unpaired) electrons. The normalized spacial score (nSPS) is 10.8. The van der Waals surface area contributed by atoms with Crippen LogP contribution >= 0.6 is 0 Å². The van der Waals surface area contributed by atoms with E-state index in [1.807, 2.05) is 13.8 Å². The number of aromatic nitrogens is 3. The molecule has 0 aliphatic carbocycles. The Labute approximate surface area is 95.0 Å². The molecule has 90 valence electrons. The third kappa shape index (κ3) is 4.39. The van der Waals surface area contributed by atoms with Crippen LogP contribution < -0.4 is 5.32 Å². The zero-order chi connectivity index (χ0) is 12.0. The van der Waals surface area contributed by atoms with E-state index in [0.29, 0.717) is 18.8 Å². The highest BCUT2D eigenvalue weighted by molar-refractivity contribution is 5.91. The number of carbonyl (C=O) groups is 1. The van der Waals surface area contributed by atoms with Gasteiger partial charge in [0.25, 0.3) is 5.91 Å². The molecular weight excluding hydrogens is 208 g/mol. The summed E-state index contributed by atoms with van der Waals surface area (Å²) < 4.78 is 6.85. The maximum absolute atomic E-state index is 11.5. The smallest absolute Gasteiger partial charge is 0.273 e. The summed E-state index contributed by atoms with van der Waals surface area (Å²) in [6.07, 6.45) is 2.61. The van der Waals surface area contributed by atoms with E-state index in [4.69, 9.17) is 4.74 Å². The van der Waals surface area contributed by atoms with Crippen molar-refractivity contribution in [3.05, 3.63) is 11.9 Å². The Morgan fingerprint density at radius 1 is 1.62 bits per heavy atom. The molecule has 0 saturated heterocycles. The number of nitrogens with zero attached hydrogens (tertiary/aromatic N) is 3. The summed E-state index contributed by atoms with van der Waals surface area (Å²) in [5.74, 6) is -0.197. The first-order valence-corrected chi connectivity index (χ1v) is 5.35. The van der Waals surface area contributed by atoms with Gasteiger partial charge in [-0.1, -0.05) is 5.21 Å². The molecule has 6 nitrogen and oxygen atoms in total. The van der Waals surface area contributed by atoms with Gasteiger partial charge < -0.3 is 10.1 Å². The molecule has 0 bridgehead atoms. The van der Waals surface area contributed by atoms with E-state index in [2.05, 4.69) is 15.6 Å². The molecule has 16 heavy (non-hydrogen) atoms. The van der Waals surface area contributed by atoms with Gasteiger partial charge >= 0.3 is 0 Å². The number of aryl methyl sites for hydroxylation is 1. The Morgan fingerprint density at radius 2 is 2.38 bits per heavy atom. The molecule has 0 fully saturated rings. The Kier molecular flexibility index (Phi) is 4.91. The molecule has 6 heteroatoms. The molecule has 0 saturated carbocycles. The van der Waals surface area contributed by atoms with Crippen LogP contribution in [-0.4, -0.2) is 40.2 Å². The van der Waals surface area contributed by atoms with Crippen LogP contribution in [0.3, 0.4) is 0 Å². The van der Waals surface area contributed by atoms with Crippen LogP contribution in [0.25, 0.3) is 0 Å². The van der Waals surface area contributed by atoms with Gasteiger partial charge in [-0.15, -0.1) is 5.10 Å². The number of amides is 1. The highest BCUT2D eigenvalue weighted by Crippen LogP contribution is 1.92. The first-order valence-electron chi connectivity index (χ1n) is 5.35. The number of rotatable bonds is 6. The standard InChI is InChI=1S/C10H18N4O2/c1-8(2)16-6-4-5-11-10(15)9-7-14(3)13-12-9/h7-8H,4-6H2,1-3H3,(H,11,15). The number of hydrogen-bond donors (Lipinski definition) is 1. The number of hydrogen-bond acceptors (Lipinski definition) is 4. The van der Waals surface area contributed by atoms with Gasteiger partial charge in [-0.3, -0.25) is 9.48 Å². The zero-order valence-corrected chi connectivity index (χ0v) is 9.93. The number of ether oxygens (including phenoxy) is 1. The minimum Gasteiger partial charge on any atom is -0.379 e. The predicted molar refractivity (Wildman–Crippen MR) is 59.0 cm³/mol. The van der Waals surface area contributed by atoms with Crippen molar-refractivity contribution in [1.82, 2.24) is 20.3 Å². The van der Waals surface area contributed by atoms with Crippen molar-refractivity contribution in [1.29, 1.82) is 0 Å². The SMILES string of the molecule is CC(C)OCCCNC(=O)c1cn(C)nn1. The maximum Gasteiger partial charge on any atom is 0.273 e. The fourth-order valence-corrected chi connectivity index (χ4v) is 1.14. The topological polar surface area (TPSA) is 69.0 Å². The van der Waals surface area contributed by atoms with Crippen molar-refractivity contribution in [2.75, 3.05) is 13.2 Å². The van der Waals surface area contributed by atoms with E-state index >= 15 is 0 Å². The first kappa shape index (κ1) is 12.6. The van der Waals surface area contributed by atoms with Crippen LogP contribution in [0, 0.1) is 0 Å². The lowest BCUT2D eigenvalue weighted by molar-refractivity contribution is 0.0756. The van der Waals surface area contributed by atoms with E-state index < -0.39 is 0 Å². The molecule has 0 aliphatic rings. The lowest BCUT2D eigenvalue weighted by atomic mass is 10.4. The quantitative estimate of drug-likeness (QED) is 0.711. The molecule has 0 aliphatic heterocycles. The van der Waals surface area contributed by atoms with Gasteiger partial charge in [-0.05, 0) is 20.3 Å². The van der Waals surface area contributed by atoms with Gasteiger partial charge in [-0.2, -0.15) is 0 Å². The largest absolute Gasteiger partial charge is 0.379 e. The maximum atomic E-state index is 11.5. The lowest BCUT2D eigenvalue weighted by Gasteiger charge is -2.07. The van der Waals surface area contributed by atoms with Crippen molar-refractivity contribution in [3.63, 3.8) is 0 Å². The van der Waals surface area contributed by atoms with Gasteiger partial charge in [0, 0.05) is 20.2 Å². The summed E-state index contributed by atoms with van der Waals surface area (Å²) in [5, 5.41) is 10.2. The lowest BCUT2D eigenvalue weighted by Crippen LogP contribution is -2.25. The second kappa shape index (κ2) is 6.22.